The summed E-state index contributed by atoms with van der Waals surface area (Å²) < 4.78 is 23.1. The number of benzene rings is 1. The Morgan fingerprint density at radius 3 is 2.48 bits per heavy atom. The second-order valence-corrected chi connectivity index (χ2v) is 7.52. The topological polar surface area (TPSA) is 57.7 Å². The summed E-state index contributed by atoms with van der Waals surface area (Å²) >= 11 is 5.71. The summed E-state index contributed by atoms with van der Waals surface area (Å²) in [5.74, 6) is 0.468. The molecule has 1 aliphatic rings. The maximum atomic E-state index is 12.4. The molecule has 1 fully saturated rings. The van der Waals surface area contributed by atoms with Crippen LogP contribution in [-0.2, 0) is 9.84 Å². The molecule has 0 aromatic heterocycles. The first-order valence-corrected chi connectivity index (χ1v) is 9.22. The highest BCUT2D eigenvalue weighted by molar-refractivity contribution is 7.90. The Bertz CT molecular complexity index is 610. The van der Waals surface area contributed by atoms with Gasteiger partial charge in [-0.1, -0.05) is 6.07 Å². The van der Waals surface area contributed by atoms with E-state index in [0.717, 1.165) is 25.9 Å². The third-order valence-corrected chi connectivity index (χ3v) is 4.85. The van der Waals surface area contributed by atoms with Gasteiger partial charge < -0.3 is 4.90 Å². The van der Waals surface area contributed by atoms with Gasteiger partial charge in [-0.2, -0.15) is 0 Å². The van der Waals surface area contributed by atoms with Crippen molar-refractivity contribution in [3.05, 3.63) is 29.8 Å². The van der Waals surface area contributed by atoms with E-state index >= 15 is 0 Å². The summed E-state index contributed by atoms with van der Waals surface area (Å²) in [5, 5.41) is 0. The van der Waals surface area contributed by atoms with Crippen molar-refractivity contribution in [3.63, 3.8) is 0 Å². The van der Waals surface area contributed by atoms with Crippen LogP contribution in [0.3, 0.4) is 0 Å². The van der Waals surface area contributed by atoms with Crippen LogP contribution in [0, 0.1) is 0 Å². The zero-order valence-electron chi connectivity index (χ0n) is 12.0. The van der Waals surface area contributed by atoms with E-state index in [9.17, 15) is 13.2 Å². The zero-order valence-corrected chi connectivity index (χ0v) is 13.5. The zero-order chi connectivity index (χ0) is 15.5. The average Bonchev–Trinajstić information content (AvgIpc) is 2.47. The molecule has 0 saturated carbocycles. The number of carbonyl (C=O) groups is 1. The molecule has 0 spiro atoms. The third kappa shape index (κ3) is 4.18. The molecule has 0 atom stereocenters. The normalized spacial score (nSPS) is 17.0. The Morgan fingerprint density at radius 2 is 1.90 bits per heavy atom. The number of halogens is 1. The molecule has 0 unspecified atom stereocenters. The summed E-state index contributed by atoms with van der Waals surface area (Å²) in [6, 6.07) is 6.21. The summed E-state index contributed by atoms with van der Waals surface area (Å²) in [7, 11) is -3.30. The molecule has 0 bridgehead atoms. The Labute approximate surface area is 130 Å². The molecular weight excluding hydrogens is 312 g/mol. The number of sulfone groups is 1. The number of alkyl halides is 1. The molecule has 0 N–H and O–H groups in total. The predicted molar refractivity (Wildman–Crippen MR) is 82.6 cm³/mol. The molecule has 1 saturated heterocycles. The first kappa shape index (κ1) is 16.3. The number of piperazine rings is 1. The van der Waals surface area contributed by atoms with Crippen LogP contribution < -0.4 is 0 Å². The van der Waals surface area contributed by atoms with E-state index in [-0.39, 0.29) is 10.8 Å². The molecule has 5 nitrogen and oxygen atoms in total. The maximum Gasteiger partial charge on any atom is 0.253 e. The minimum Gasteiger partial charge on any atom is -0.336 e. The molecule has 0 radical (unpaired) electrons. The van der Waals surface area contributed by atoms with Crippen LogP contribution in [-0.4, -0.2) is 69.0 Å². The molecule has 1 aliphatic heterocycles. The lowest BCUT2D eigenvalue weighted by atomic mass is 10.2. The third-order valence-electron chi connectivity index (χ3n) is 3.57. The minimum absolute atomic E-state index is 0.119. The van der Waals surface area contributed by atoms with Crippen molar-refractivity contribution < 1.29 is 13.2 Å². The van der Waals surface area contributed by atoms with Gasteiger partial charge in [0, 0.05) is 50.4 Å². The highest BCUT2D eigenvalue weighted by Crippen LogP contribution is 2.14. The Kier molecular flexibility index (Phi) is 5.24. The van der Waals surface area contributed by atoms with Crippen molar-refractivity contribution in [2.45, 2.75) is 4.90 Å². The van der Waals surface area contributed by atoms with E-state index in [0.29, 0.717) is 24.5 Å². The molecule has 1 aromatic carbocycles. The van der Waals surface area contributed by atoms with Gasteiger partial charge in [0.1, 0.15) is 0 Å². The fourth-order valence-corrected chi connectivity index (χ4v) is 3.24. The molecule has 1 amide bonds. The SMILES string of the molecule is CS(=O)(=O)c1cccc(C(=O)N2CCN(CCCl)CC2)c1. The van der Waals surface area contributed by atoms with Gasteiger partial charge in [0.25, 0.3) is 5.91 Å². The first-order valence-electron chi connectivity index (χ1n) is 6.79. The van der Waals surface area contributed by atoms with Gasteiger partial charge in [-0.15, -0.1) is 11.6 Å². The highest BCUT2D eigenvalue weighted by Gasteiger charge is 2.22. The van der Waals surface area contributed by atoms with E-state index in [1.165, 1.54) is 12.1 Å². The van der Waals surface area contributed by atoms with Gasteiger partial charge in [-0.3, -0.25) is 9.69 Å². The second-order valence-electron chi connectivity index (χ2n) is 5.12. The molecule has 2 rings (SSSR count). The van der Waals surface area contributed by atoms with Crippen LogP contribution in [0.2, 0.25) is 0 Å². The van der Waals surface area contributed by atoms with E-state index < -0.39 is 9.84 Å². The Balaban J connectivity index is 2.08. The maximum absolute atomic E-state index is 12.4. The van der Waals surface area contributed by atoms with Gasteiger partial charge in [-0.25, -0.2) is 8.42 Å². The van der Waals surface area contributed by atoms with Crippen LogP contribution in [0.15, 0.2) is 29.2 Å². The van der Waals surface area contributed by atoms with E-state index in [2.05, 4.69) is 4.90 Å². The lowest BCUT2D eigenvalue weighted by molar-refractivity contribution is 0.0644. The van der Waals surface area contributed by atoms with Gasteiger partial charge in [-0.05, 0) is 18.2 Å². The monoisotopic (exact) mass is 330 g/mol. The summed E-state index contributed by atoms with van der Waals surface area (Å²) in [6.45, 7) is 3.69. The number of amides is 1. The van der Waals surface area contributed by atoms with Crippen molar-refractivity contribution in [2.24, 2.45) is 0 Å². The van der Waals surface area contributed by atoms with Gasteiger partial charge in [0.15, 0.2) is 9.84 Å². The Morgan fingerprint density at radius 1 is 1.24 bits per heavy atom. The van der Waals surface area contributed by atoms with Crippen LogP contribution >= 0.6 is 11.6 Å². The predicted octanol–water partition coefficient (Wildman–Crippen LogP) is 1.09. The van der Waals surface area contributed by atoms with Crippen molar-refractivity contribution in [1.29, 1.82) is 0 Å². The van der Waals surface area contributed by atoms with E-state index in [1.54, 1.807) is 17.0 Å². The number of carbonyl (C=O) groups excluding carboxylic acids is 1. The number of hydrogen-bond acceptors (Lipinski definition) is 4. The molecule has 1 aromatic rings. The molecular formula is C14H19ClN2O3S. The molecule has 0 aliphatic carbocycles. The van der Waals surface area contributed by atoms with Crippen molar-refractivity contribution in [2.75, 3.05) is 44.9 Å². The molecule has 21 heavy (non-hydrogen) atoms. The Hall–Kier alpha value is -1.11. The molecule has 7 heteroatoms. The van der Waals surface area contributed by atoms with Crippen molar-refractivity contribution in [1.82, 2.24) is 9.80 Å². The fourth-order valence-electron chi connectivity index (χ4n) is 2.34. The summed E-state index contributed by atoms with van der Waals surface area (Å²) in [4.78, 5) is 16.6. The van der Waals surface area contributed by atoms with Crippen molar-refractivity contribution in [3.8, 4) is 0 Å². The van der Waals surface area contributed by atoms with Gasteiger partial charge in [0.05, 0.1) is 4.90 Å². The summed E-state index contributed by atoms with van der Waals surface area (Å²) in [5.41, 5.74) is 0.420. The van der Waals surface area contributed by atoms with Crippen LogP contribution in [0.1, 0.15) is 10.4 Å². The smallest absolute Gasteiger partial charge is 0.253 e. The largest absolute Gasteiger partial charge is 0.336 e. The number of hydrogen-bond donors (Lipinski definition) is 0. The summed E-state index contributed by atoms with van der Waals surface area (Å²) in [6.07, 6.45) is 1.14. The van der Waals surface area contributed by atoms with Gasteiger partial charge >= 0.3 is 0 Å². The van der Waals surface area contributed by atoms with Crippen LogP contribution in [0.25, 0.3) is 0 Å². The number of rotatable bonds is 4. The van der Waals surface area contributed by atoms with Crippen LogP contribution in [0.5, 0.6) is 0 Å². The standard InChI is InChI=1S/C14H19ClN2O3S/c1-21(19,20)13-4-2-3-12(11-13)14(18)17-9-7-16(6-5-15)8-10-17/h2-4,11H,5-10H2,1H3. The lowest BCUT2D eigenvalue weighted by Crippen LogP contribution is -2.49. The average molecular weight is 331 g/mol. The molecule has 1 heterocycles. The fraction of sp³-hybridized carbons (Fsp3) is 0.500. The van der Waals surface area contributed by atoms with Crippen LogP contribution in [0.4, 0.5) is 0 Å². The molecule has 116 valence electrons. The van der Waals surface area contributed by atoms with E-state index in [1.807, 2.05) is 0 Å². The minimum atomic E-state index is -3.30. The lowest BCUT2D eigenvalue weighted by Gasteiger charge is -2.34. The quantitative estimate of drug-likeness (QED) is 0.775. The first-order chi connectivity index (χ1) is 9.91. The van der Waals surface area contributed by atoms with Gasteiger partial charge in [0.2, 0.25) is 0 Å². The van der Waals surface area contributed by atoms with E-state index in [4.69, 9.17) is 11.6 Å². The highest BCUT2D eigenvalue weighted by atomic mass is 35.5. The second kappa shape index (κ2) is 6.77. The number of nitrogens with zero attached hydrogens (tertiary/aromatic N) is 2. The van der Waals surface area contributed by atoms with Crippen molar-refractivity contribution >= 4 is 27.3 Å².